The lowest BCUT2D eigenvalue weighted by molar-refractivity contribution is 0.0732. The summed E-state index contributed by atoms with van der Waals surface area (Å²) in [5, 5.41) is 6.75. The van der Waals surface area contributed by atoms with Gasteiger partial charge in [0, 0.05) is 16.1 Å². The Hall–Kier alpha value is -3.19. The molecule has 0 saturated carbocycles. The first-order chi connectivity index (χ1) is 15.0. The maximum absolute atomic E-state index is 13.9. The van der Waals surface area contributed by atoms with E-state index in [1.165, 1.54) is 0 Å². The third-order valence-electron chi connectivity index (χ3n) is 5.23. The van der Waals surface area contributed by atoms with E-state index in [4.69, 9.17) is 9.26 Å². The number of carbonyl (C=O) groups is 1. The molecule has 7 heteroatoms. The van der Waals surface area contributed by atoms with Gasteiger partial charge in [-0.3, -0.25) is 4.79 Å². The van der Waals surface area contributed by atoms with Crippen LogP contribution >= 0.6 is 11.3 Å². The van der Waals surface area contributed by atoms with Crippen LogP contribution in [0.1, 0.15) is 52.0 Å². The van der Waals surface area contributed by atoms with Crippen molar-refractivity contribution in [1.82, 2.24) is 15.0 Å². The fourth-order valence-electron chi connectivity index (χ4n) is 3.58. The molecule has 0 unspecified atom stereocenters. The number of pyridine rings is 1. The van der Waals surface area contributed by atoms with Crippen molar-refractivity contribution in [1.29, 1.82) is 0 Å². The second-order valence-corrected chi connectivity index (χ2v) is 8.78. The Morgan fingerprint density at radius 2 is 2.00 bits per heavy atom. The number of benzene rings is 1. The zero-order valence-corrected chi connectivity index (χ0v) is 18.9. The first kappa shape index (κ1) is 21.1. The summed E-state index contributed by atoms with van der Waals surface area (Å²) >= 11 is 1.63. The first-order valence-corrected chi connectivity index (χ1v) is 11.1. The van der Waals surface area contributed by atoms with Gasteiger partial charge in [-0.15, -0.1) is 11.3 Å². The number of nitrogens with zero attached hydrogens (tertiary/aromatic N) is 3. The lowest BCUT2D eigenvalue weighted by Crippen LogP contribution is -2.30. The van der Waals surface area contributed by atoms with Crippen LogP contribution in [0.5, 0.6) is 5.75 Å². The molecule has 0 N–H and O–H groups in total. The number of hydrogen-bond donors (Lipinski definition) is 0. The summed E-state index contributed by atoms with van der Waals surface area (Å²) in [6, 6.07) is 13.7. The largest absolute Gasteiger partial charge is 0.496 e. The van der Waals surface area contributed by atoms with Crippen molar-refractivity contribution in [2.45, 2.75) is 39.8 Å². The molecule has 31 heavy (non-hydrogen) atoms. The minimum atomic E-state index is -0.0834. The first-order valence-electron chi connectivity index (χ1n) is 10.2. The second-order valence-electron chi connectivity index (χ2n) is 7.75. The molecular formula is C24H25N3O3S. The number of amides is 1. The van der Waals surface area contributed by atoms with E-state index < -0.39 is 0 Å². The summed E-state index contributed by atoms with van der Waals surface area (Å²) in [6.07, 6.45) is 0. The molecule has 0 radical (unpaired) electrons. The lowest BCUT2D eigenvalue weighted by Gasteiger charge is -2.24. The van der Waals surface area contributed by atoms with Crippen LogP contribution in [0.25, 0.3) is 11.1 Å². The highest BCUT2D eigenvalue weighted by atomic mass is 32.1. The van der Waals surface area contributed by atoms with Crippen LogP contribution in [0, 0.1) is 6.92 Å². The van der Waals surface area contributed by atoms with Gasteiger partial charge in [-0.25, -0.2) is 4.98 Å². The second kappa shape index (κ2) is 8.89. The molecule has 0 spiro atoms. The van der Waals surface area contributed by atoms with E-state index in [2.05, 4.69) is 10.1 Å². The van der Waals surface area contributed by atoms with Gasteiger partial charge >= 0.3 is 0 Å². The third-order valence-corrected chi connectivity index (χ3v) is 6.09. The van der Waals surface area contributed by atoms with Crippen LogP contribution in [0.15, 0.2) is 52.4 Å². The average molecular weight is 436 g/mol. The number of ether oxygens (including phenoxy) is 1. The van der Waals surface area contributed by atoms with Crippen molar-refractivity contribution < 1.29 is 14.1 Å². The van der Waals surface area contributed by atoms with Gasteiger partial charge < -0.3 is 14.2 Å². The van der Waals surface area contributed by atoms with E-state index in [1.807, 2.05) is 73.5 Å². The van der Waals surface area contributed by atoms with Crippen molar-refractivity contribution in [3.63, 3.8) is 0 Å². The van der Waals surface area contributed by atoms with E-state index >= 15 is 0 Å². The molecular weight excluding hydrogens is 410 g/mol. The number of thiophene rings is 1. The molecule has 6 nitrogen and oxygen atoms in total. The fraction of sp³-hybridized carbons (Fsp3) is 0.292. The van der Waals surface area contributed by atoms with Crippen molar-refractivity contribution in [2.75, 3.05) is 7.11 Å². The Labute approximate surface area is 185 Å². The number of para-hydroxylation sites is 1. The Balaban J connectivity index is 1.79. The molecule has 4 aromatic rings. The van der Waals surface area contributed by atoms with Crippen LogP contribution in [0.4, 0.5) is 0 Å². The zero-order chi connectivity index (χ0) is 22.0. The molecule has 1 amide bonds. The molecule has 0 atom stereocenters. The summed E-state index contributed by atoms with van der Waals surface area (Å²) in [4.78, 5) is 21.4. The minimum Gasteiger partial charge on any atom is -0.496 e. The van der Waals surface area contributed by atoms with Crippen LogP contribution in [0.2, 0.25) is 0 Å². The van der Waals surface area contributed by atoms with E-state index in [1.54, 1.807) is 18.4 Å². The van der Waals surface area contributed by atoms with Gasteiger partial charge in [0.1, 0.15) is 5.75 Å². The van der Waals surface area contributed by atoms with Crippen LogP contribution in [0.3, 0.4) is 0 Å². The van der Waals surface area contributed by atoms with Gasteiger partial charge in [-0.05, 0) is 36.4 Å². The molecule has 0 aliphatic heterocycles. The Morgan fingerprint density at radius 3 is 2.71 bits per heavy atom. The van der Waals surface area contributed by atoms with Gasteiger partial charge in [-0.1, -0.05) is 43.3 Å². The number of aromatic nitrogens is 2. The SMILES string of the molecule is COc1ccccc1CN(Cc1cccs1)C(=O)c1cc(C(C)C)nc2onc(C)c12. The van der Waals surface area contributed by atoms with Gasteiger partial charge in [0.05, 0.1) is 36.8 Å². The number of rotatable bonds is 7. The smallest absolute Gasteiger partial charge is 0.259 e. The molecule has 0 bridgehead atoms. The number of fused-ring (bicyclic) bond motifs is 1. The van der Waals surface area contributed by atoms with E-state index in [0.717, 1.165) is 21.9 Å². The summed E-state index contributed by atoms with van der Waals surface area (Å²) < 4.78 is 10.9. The van der Waals surface area contributed by atoms with Gasteiger partial charge in [0.25, 0.3) is 11.6 Å². The summed E-state index contributed by atoms with van der Waals surface area (Å²) in [7, 11) is 1.64. The average Bonchev–Trinajstić information content (AvgIpc) is 3.42. The Morgan fingerprint density at radius 1 is 1.19 bits per heavy atom. The zero-order valence-electron chi connectivity index (χ0n) is 18.1. The van der Waals surface area contributed by atoms with E-state index in [9.17, 15) is 4.79 Å². The Bertz CT molecular complexity index is 1200. The van der Waals surface area contributed by atoms with Gasteiger partial charge in [-0.2, -0.15) is 0 Å². The summed E-state index contributed by atoms with van der Waals surface area (Å²) in [5.74, 6) is 0.830. The van der Waals surface area contributed by atoms with Crippen LogP contribution < -0.4 is 4.74 Å². The summed E-state index contributed by atoms with van der Waals surface area (Å²) in [5.41, 5.74) is 3.39. The number of carbonyl (C=O) groups excluding carboxylic acids is 1. The predicted molar refractivity (Wildman–Crippen MR) is 122 cm³/mol. The van der Waals surface area contributed by atoms with Crippen LogP contribution in [-0.4, -0.2) is 28.1 Å². The fourth-order valence-corrected chi connectivity index (χ4v) is 4.30. The quantitative estimate of drug-likeness (QED) is 0.380. The maximum atomic E-state index is 13.9. The number of hydrogen-bond acceptors (Lipinski definition) is 6. The van der Waals surface area contributed by atoms with E-state index in [0.29, 0.717) is 35.4 Å². The molecule has 3 heterocycles. The normalized spacial score (nSPS) is 11.3. The molecule has 0 aliphatic carbocycles. The Kier molecular flexibility index (Phi) is 6.04. The highest BCUT2D eigenvalue weighted by molar-refractivity contribution is 7.09. The van der Waals surface area contributed by atoms with Gasteiger partial charge in [0.15, 0.2) is 0 Å². The molecule has 1 aromatic carbocycles. The highest BCUT2D eigenvalue weighted by Crippen LogP contribution is 2.28. The molecule has 3 aromatic heterocycles. The number of methoxy groups -OCH3 is 1. The minimum absolute atomic E-state index is 0.0834. The topological polar surface area (TPSA) is 68.5 Å². The predicted octanol–water partition coefficient (Wildman–Crippen LogP) is 5.57. The van der Waals surface area contributed by atoms with Crippen molar-refractivity contribution in [3.8, 4) is 5.75 Å². The monoisotopic (exact) mass is 435 g/mol. The summed E-state index contributed by atoms with van der Waals surface area (Å²) in [6.45, 7) is 6.85. The lowest BCUT2D eigenvalue weighted by atomic mass is 10.0. The highest BCUT2D eigenvalue weighted by Gasteiger charge is 2.25. The number of aryl methyl sites for hydroxylation is 1. The molecule has 4 rings (SSSR count). The van der Waals surface area contributed by atoms with E-state index in [-0.39, 0.29) is 11.8 Å². The molecule has 160 valence electrons. The maximum Gasteiger partial charge on any atom is 0.259 e. The molecule has 0 saturated heterocycles. The van der Waals surface area contributed by atoms with Crippen molar-refractivity contribution in [2.24, 2.45) is 0 Å². The van der Waals surface area contributed by atoms with Crippen LogP contribution in [-0.2, 0) is 13.1 Å². The standard InChI is InChI=1S/C24H25N3O3S/c1-15(2)20-12-19(22-16(3)26-30-23(22)25-20)24(28)27(14-18-9-7-11-31-18)13-17-8-5-6-10-21(17)29-4/h5-12,15H,13-14H2,1-4H3. The molecule has 0 aliphatic rings. The van der Waals surface area contributed by atoms with Gasteiger partial charge in [0.2, 0.25) is 0 Å². The molecule has 0 fully saturated rings. The third kappa shape index (κ3) is 4.32. The van der Waals surface area contributed by atoms with Crippen molar-refractivity contribution >= 4 is 28.3 Å². The van der Waals surface area contributed by atoms with Crippen molar-refractivity contribution in [3.05, 3.63) is 75.2 Å².